The molecule has 0 saturated heterocycles. The number of rotatable bonds is 3. The SMILES string of the molecule is Cc1ccc(C)n1NC(=O)c1cc(F)c(F)cc1[N+](=O)[O-]. The van der Waals surface area contributed by atoms with Gasteiger partial charge < -0.3 is 0 Å². The molecular formula is C13H11F2N3O3. The van der Waals surface area contributed by atoms with Crippen molar-refractivity contribution >= 4 is 11.6 Å². The highest BCUT2D eigenvalue weighted by molar-refractivity contribution is 6.03. The predicted molar refractivity (Wildman–Crippen MR) is 70.6 cm³/mol. The van der Waals surface area contributed by atoms with Crippen molar-refractivity contribution in [2.24, 2.45) is 0 Å². The van der Waals surface area contributed by atoms with Gasteiger partial charge in [-0.25, -0.2) is 8.78 Å². The summed E-state index contributed by atoms with van der Waals surface area (Å²) in [7, 11) is 0. The molecule has 0 radical (unpaired) electrons. The van der Waals surface area contributed by atoms with E-state index in [4.69, 9.17) is 0 Å². The Labute approximate surface area is 118 Å². The molecule has 2 aromatic rings. The first-order valence-corrected chi connectivity index (χ1v) is 5.91. The summed E-state index contributed by atoms with van der Waals surface area (Å²) in [6.45, 7) is 3.43. The van der Waals surface area contributed by atoms with Gasteiger partial charge in [-0.1, -0.05) is 0 Å². The molecule has 0 aliphatic rings. The summed E-state index contributed by atoms with van der Waals surface area (Å²) in [6.07, 6.45) is 0. The van der Waals surface area contributed by atoms with Gasteiger partial charge in [0.15, 0.2) is 11.6 Å². The number of nitro benzene ring substituents is 1. The Kier molecular flexibility index (Phi) is 3.70. The lowest BCUT2D eigenvalue weighted by Crippen LogP contribution is -2.25. The maximum Gasteiger partial charge on any atom is 0.285 e. The Morgan fingerprint density at radius 3 is 2.24 bits per heavy atom. The third-order valence-electron chi connectivity index (χ3n) is 2.96. The number of benzene rings is 1. The number of nitro groups is 1. The fourth-order valence-corrected chi connectivity index (χ4v) is 1.88. The van der Waals surface area contributed by atoms with Crippen LogP contribution in [0.5, 0.6) is 0 Å². The van der Waals surface area contributed by atoms with E-state index in [0.29, 0.717) is 23.5 Å². The minimum Gasteiger partial charge on any atom is -0.267 e. The highest BCUT2D eigenvalue weighted by atomic mass is 19.2. The predicted octanol–water partition coefficient (Wildman–Crippen LogP) is 2.68. The molecule has 1 heterocycles. The fourth-order valence-electron chi connectivity index (χ4n) is 1.88. The lowest BCUT2D eigenvalue weighted by Gasteiger charge is -2.11. The van der Waals surface area contributed by atoms with Crippen LogP contribution in [0.2, 0.25) is 0 Å². The Morgan fingerprint density at radius 2 is 1.71 bits per heavy atom. The third-order valence-corrected chi connectivity index (χ3v) is 2.96. The second-order valence-corrected chi connectivity index (χ2v) is 4.43. The molecule has 0 aliphatic carbocycles. The van der Waals surface area contributed by atoms with Gasteiger partial charge in [-0.05, 0) is 32.0 Å². The van der Waals surface area contributed by atoms with Crippen LogP contribution in [0, 0.1) is 35.6 Å². The molecule has 8 heteroatoms. The summed E-state index contributed by atoms with van der Waals surface area (Å²) in [5, 5.41) is 10.9. The molecule has 6 nitrogen and oxygen atoms in total. The standard InChI is InChI=1S/C13H11F2N3O3/c1-7-3-4-8(2)17(7)16-13(19)9-5-10(14)11(15)6-12(9)18(20)21/h3-6H,1-2H3,(H,16,19). The van der Waals surface area contributed by atoms with Crippen LogP contribution in [0.1, 0.15) is 21.7 Å². The number of carbonyl (C=O) groups excluding carboxylic acids is 1. The Hall–Kier alpha value is -2.77. The summed E-state index contributed by atoms with van der Waals surface area (Å²) in [5.74, 6) is -3.61. The van der Waals surface area contributed by atoms with E-state index in [-0.39, 0.29) is 0 Å². The first-order chi connectivity index (χ1) is 9.81. The maximum absolute atomic E-state index is 13.2. The summed E-state index contributed by atoms with van der Waals surface area (Å²) in [6, 6.07) is 4.36. The number of aromatic nitrogens is 1. The van der Waals surface area contributed by atoms with Crippen LogP contribution in [0.4, 0.5) is 14.5 Å². The molecule has 21 heavy (non-hydrogen) atoms. The zero-order chi connectivity index (χ0) is 15.7. The minimum absolute atomic E-state index is 0.389. The molecule has 1 amide bonds. The number of nitrogens with one attached hydrogen (secondary N) is 1. The second-order valence-electron chi connectivity index (χ2n) is 4.43. The van der Waals surface area contributed by atoms with E-state index in [9.17, 15) is 23.7 Å². The van der Waals surface area contributed by atoms with Crippen LogP contribution in [-0.2, 0) is 0 Å². The summed E-state index contributed by atoms with van der Waals surface area (Å²) in [5.41, 5.74) is 2.43. The average molecular weight is 295 g/mol. The van der Waals surface area contributed by atoms with Gasteiger partial charge in [0.05, 0.1) is 11.0 Å². The Bertz CT molecular complexity index is 721. The molecule has 0 bridgehead atoms. The highest BCUT2D eigenvalue weighted by Crippen LogP contribution is 2.22. The van der Waals surface area contributed by atoms with Gasteiger partial charge in [-0.15, -0.1) is 0 Å². The molecule has 0 fully saturated rings. The van der Waals surface area contributed by atoms with Gasteiger partial charge in [0.1, 0.15) is 5.56 Å². The largest absolute Gasteiger partial charge is 0.285 e. The van der Waals surface area contributed by atoms with Crippen molar-refractivity contribution in [1.82, 2.24) is 4.68 Å². The van der Waals surface area contributed by atoms with Crippen LogP contribution >= 0.6 is 0 Å². The normalized spacial score (nSPS) is 10.5. The molecule has 0 aliphatic heterocycles. The van der Waals surface area contributed by atoms with E-state index in [2.05, 4.69) is 5.43 Å². The summed E-state index contributed by atoms with van der Waals surface area (Å²) >= 11 is 0. The van der Waals surface area contributed by atoms with Gasteiger partial charge >= 0.3 is 0 Å². The topological polar surface area (TPSA) is 77.2 Å². The smallest absolute Gasteiger partial charge is 0.267 e. The molecule has 0 saturated carbocycles. The second kappa shape index (κ2) is 5.31. The van der Waals surface area contributed by atoms with E-state index < -0.39 is 33.7 Å². The highest BCUT2D eigenvalue weighted by Gasteiger charge is 2.24. The van der Waals surface area contributed by atoms with Crippen molar-refractivity contribution < 1.29 is 18.5 Å². The van der Waals surface area contributed by atoms with Crippen molar-refractivity contribution in [2.45, 2.75) is 13.8 Å². The zero-order valence-corrected chi connectivity index (χ0v) is 11.2. The lowest BCUT2D eigenvalue weighted by atomic mass is 10.1. The van der Waals surface area contributed by atoms with Gasteiger partial charge in [-0.2, -0.15) is 0 Å². The van der Waals surface area contributed by atoms with Crippen molar-refractivity contribution in [1.29, 1.82) is 0 Å². The van der Waals surface area contributed by atoms with Gasteiger partial charge in [0, 0.05) is 11.4 Å². The number of hydrogen-bond acceptors (Lipinski definition) is 3. The minimum atomic E-state index is -1.38. The number of aryl methyl sites for hydroxylation is 2. The number of carbonyl (C=O) groups is 1. The molecule has 2 rings (SSSR count). The molecule has 0 unspecified atom stereocenters. The van der Waals surface area contributed by atoms with Crippen molar-refractivity contribution in [2.75, 3.05) is 5.43 Å². The molecule has 1 aromatic carbocycles. The van der Waals surface area contributed by atoms with E-state index in [1.54, 1.807) is 26.0 Å². The van der Waals surface area contributed by atoms with Crippen LogP contribution in [-0.4, -0.2) is 15.5 Å². The monoisotopic (exact) mass is 295 g/mol. The van der Waals surface area contributed by atoms with E-state index >= 15 is 0 Å². The first kappa shape index (κ1) is 14.6. The van der Waals surface area contributed by atoms with Gasteiger partial charge in [0.2, 0.25) is 0 Å². The van der Waals surface area contributed by atoms with Gasteiger partial charge in [-0.3, -0.25) is 25.0 Å². The number of halogens is 2. The van der Waals surface area contributed by atoms with Crippen molar-refractivity contribution in [3.05, 3.63) is 63.0 Å². The summed E-state index contributed by atoms with van der Waals surface area (Å²) in [4.78, 5) is 22.0. The Morgan fingerprint density at radius 1 is 1.19 bits per heavy atom. The molecule has 110 valence electrons. The third kappa shape index (κ3) is 2.73. The van der Waals surface area contributed by atoms with Crippen LogP contribution in [0.3, 0.4) is 0 Å². The molecule has 1 aromatic heterocycles. The lowest BCUT2D eigenvalue weighted by molar-refractivity contribution is -0.385. The van der Waals surface area contributed by atoms with E-state index in [1.807, 2.05) is 0 Å². The van der Waals surface area contributed by atoms with E-state index in [0.717, 1.165) is 0 Å². The van der Waals surface area contributed by atoms with Crippen LogP contribution < -0.4 is 5.43 Å². The maximum atomic E-state index is 13.2. The van der Waals surface area contributed by atoms with Crippen molar-refractivity contribution in [3.8, 4) is 0 Å². The molecule has 0 spiro atoms. The molecular weight excluding hydrogens is 284 g/mol. The number of nitrogens with zero attached hydrogens (tertiary/aromatic N) is 2. The molecule has 0 atom stereocenters. The number of hydrogen-bond donors (Lipinski definition) is 1. The average Bonchev–Trinajstić information content (AvgIpc) is 2.72. The number of amides is 1. The fraction of sp³-hybridized carbons (Fsp3) is 0.154. The van der Waals surface area contributed by atoms with Crippen LogP contribution in [0.15, 0.2) is 24.3 Å². The van der Waals surface area contributed by atoms with Gasteiger partial charge in [0.25, 0.3) is 11.6 Å². The van der Waals surface area contributed by atoms with Crippen molar-refractivity contribution in [3.63, 3.8) is 0 Å². The van der Waals surface area contributed by atoms with Crippen LogP contribution in [0.25, 0.3) is 0 Å². The zero-order valence-electron chi connectivity index (χ0n) is 11.2. The first-order valence-electron chi connectivity index (χ1n) is 5.91. The Balaban J connectivity index is 2.44. The van der Waals surface area contributed by atoms with E-state index in [1.165, 1.54) is 4.68 Å². The summed E-state index contributed by atoms with van der Waals surface area (Å²) < 4.78 is 27.7. The molecule has 1 N–H and O–H groups in total. The quantitative estimate of drug-likeness (QED) is 0.698.